The van der Waals surface area contributed by atoms with E-state index in [-0.39, 0.29) is 11.8 Å². The summed E-state index contributed by atoms with van der Waals surface area (Å²) in [6.45, 7) is 4.17. The molecule has 0 unspecified atom stereocenters. The number of nitrogens with zero attached hydrogens (tertiary/aromatic N) is 4. The molecule has 0 fully saturated rings. The lowest BCUT2D eigenvalue weighted by Crippen LogP contribution is -2.11. The number of anilines is 2. The van der Waals surface area contributed by atoms with Gasteiger partial charge in [-0.1, -0.05) is 17.3 Å². The molecule has 2 N–H and O–H groups in total. The molecule has 2 aromatic carbocycles. The van der Waals surface area contributed by atoms with E-state index < -0.39 is 0 Å². The van der Waals surface area contributed by atoms with Crippen molar-refractivity contribution >= 4 is 45.0 Å². The van der Waals surface area contributed by atoms with Crippen LogP contribution in [0.15, 0.2) is 47.8 Å². The van der Waals surface area contributed by atoms with E-state index in [0.29, 0.717) is 16.2 Å². The Kier molecular flexibility index (Phi) is 5.05. The van der Waals surface area contributed by atoms with Crippen molar-refractivity contribution in [3.63, 3.8) is 0 Å². The topological polar surface area (TPSA) is 102 Å². The molecule has 4 rings (SSSR count). The van der Waals surface area contributed by atoms with Gasteiger partial charge in [0.25, 0.3) is 5.91 Å². The van der Waals surface area contributed by atoms with Gasteiger partial charge in [0, 0.05) is 35.7 Å². The average molecular weight is 406 g/mol. The van der Waals surface area contributed by atoms with E-state index in [1.165, 1.54) is 18.3 Å². The summed E-state index contributed by atoms with van der Waals surface area (Å²) >= 11 is 1.35. The molecule has 0 saturated heterocycles. The minimum Gasteiger partial charge on any atom is -0.326 e. The lowest BCUT2D eigenvalue weighted by molar-refractivity contribution is -0.114. The molecule has 0 atom stereocenters. The number of carbonyl (C=O) groups is 2. The molecule has 146 valence electrons. The highest BCUT2D eigenvalue weighted by molar-refractivity contribution is 7.14. The molecular formula is C20H18N6O2S. The predicted molar refractivity (Wildman–Crippen MR) is 113 cm³/mol. The largest absolute Gasteiger partial charge is 0.326 e. The highest BCUT2D eigenvalue weighted by atomic mass is 32.1. The van der Waals surface area contributed by atoms with Crippen molar-refractivity contribution in [3.8, 4) is 11.3 Å². The summed E-state index contributed by atoms with van der Waals surface area (Å²) in [4.78, 5) is 28.2. The first kappa shape index (κ1) is 18.8. The fourth-order valence-electron chi connectivity index (χ4n) is 2.91. The number of thiazole rings is 1. The predicted octanol–water partition coefficient (Wildman–Crippen LogP) is 3.79. The summed E-state index contributed by atoms with van der Waals surface area (Å²) in [6, 6.07) is 12.7. The molecule has 2 aromatic heterocycles. The van der Waals surface area contributed by atoms with Crippen molar-refractivity contribution in [1.29, 1.82) is 0 Å². The van der Waals surface area contributed by atoms with Crippen molar-refractivity contribution in [2.75, 3.05) is 10.6 Å². The Hall–Kier alpha value is -3.59. The Morgan fingerprint density at radius 3 is 2.62 bits per heavy atom. The van der Waals surface area contributed by atoms with Crippen LogP contribution in [0.5, 0.6) is 0 Å². The van der Waals surface area contributed by atoms with Gasteiger partial charge in [0.2, 0.25) is 5.91 Å². The van der Waals surface area contributed by atoms with Gasteiger partial charge in [0.15, 0.2) is 5.13 Å². The molecule has 0 bridgehead atoms. The van der Waals surface area contributed by atoms with Crippen LogP contribution in [0, 0.1) is 0 Å². The lowest BCUT2D eigenvalue weighted by Gasteiger charge is -2.03. The van der Waals surface area contributed by atoms with Gasteiger partial charge in [-0.2, -0.15) is 0 Å². The van der Waals surface area contributed by atoms with Crippen molar-refractivity contribution in [1.82, 2.24) is 20.0 Å². The fourth-order valence-corrected chi connectivity index (χ4v) is 3.62. The van der Waals surface area contributed by atoms with E-state index in [0.717, 1.165) is 29.0 Å². The molecule has 0 spiro atoms. The van der Waals surface area contributed by atoms with E-state index in [9.17, 15) is 9.59 Å². The molecule has 29 heavy (non-hydrogen) atoms. The zero-order chi connectivity index (χ0) is 20.4. The maximum atomic E-state index is 12.6. The van der Waals surface area contributed by atoms with Crippen LogP contribution in [0.25, 0.3) is 22.3 Å². The quantitative estimate of drug-likeness (QED) is 0.525. The van der Waals surface area contributed by atoms with E-state index in [1.807, 2.05) is 42.6 Å². The van der Waals surface area contributed by atoms with E-state index in [1.54, 1.807) is 16.8 Å². The van der Waals surface area contributed by atoms with Crippen LogP contribution in [-0.2, 0) is 11.3 Å². The van der Waals surface area contributed by atoms with Crippen LogP contribution in [0.2, 0.25) is 0 Å². The number of rotatable bonds is 5. The standard InChI is InChI=1S/C20H18N6O2S/c1-3-26-18-9-6-14(10-16(18)24-25-26)19(28)23-20-22-17(11-29-20)13-4-7-15(8-5-13)21-12(2)27/h4-11H,3H2,1-2H3,(H,21,27)(H,22,23,28). The number of carbonyl (C=O) groups excluding carboxylic acids is 2. The third-order valence-corrected chi connectivity index (χ3v) is 5.06. The number of fused-ring (bicyclic) bond motifs is 1. The third kappa shape index (κ3) is 3.99. The van der Waals surface area contributed by atoms with Gasteiger partial charge in [-0.15, -0.1) is 16.4 Å². The fraction of sp³-hybridized carbons (Fsp3) is 0.150. The Labute approximate surface area is 170 Å². The van der Waals surface area contributed by atoms with Crippen LogP contribution in [0.3, 0.4) is 0 Å². The molecular weight excluding hydrogens is 388 g/mol. The zero-order valence-electron chi connectivity index (χ0n) is 15.8. The number of aromatic nitrogens is 4. The molecule has 4 aromatic rings. The minimum absolute atomic E-state index is 0.119. The van der Waals surface area contributed by atoms with Gasteiger partial charge in [0.05, 0.1) is 11.2 Å². The first-order valence-electron chi connectivity index (χ1n) is 9.01. The number of hydrogen-bond donors (Lipinski definition) is 2. The van der Waals surface area contributed by atoms with Gasteiger partial charge < -0.3 is 5.32 Å². The van der Waals surface area contributed by atoms with Crippen molar-refractivity contribution in [2.45, 2.75) is 20.4 Å². The van der Waals surface area contributed by atoms with E-state index in [4.69, 9.17) is 0 Å². The number of hydrogen-bond acceptors (Lipinski definition) is 6. The van der Waals surface area contributed by atoms with Gasteiger partial charge in [-0.05, 0) is 37.3 Å². The Balaban J connectivity index is 1.48. The molecule has 0 aliphatic heterocycles. The van der Waals surface area contributed by atoms with Crippen LogP contribution >= 0.6 is 11.3 Å². The van der Waals surface area contributed by atoms with Crippen molar-refractivity contribution in [2.24, 2.45) is 0 Å². The lowest BCUT2D eigenvalue weighted by atomic mass is 10.1. The second kappa shape index (κ2) is 7.80. The van der Waals surface area contributed by atoms with Crippen LogP contribution in [0.1, 0.15) is 24.2 Å². The van der Waals surface area contributed by atoms with Gasteiger partial charge >= 0.3 is 0 Å². The second-order valence-corrected chi connectivity index (χ2v) is 7.22. The first-order chi connectivity index (χ1) is 14.0. The maximum absolute atomic E-state index is 12.6. The maximum Gasteiger partial charge on any atom is 0.257 e. The average Bonchev–Trinajstić information content (AvgIpc) is 3.34. The van der Waals surface area contributed by atoms with Gasteiger partial charge in [-0.3, -0.25) is 14.9 Å². The van der Waals surface area contributed by atoms with Crippen LogP contribution in [-0.4, -0.2) is 31.8 Å². The third-order valence-electron chi connectivity index (χ3n) is 4.30. The Bertz CT molecular complexity index is 1200. The SMILES string of the molecule is CCn1nnc2cc(C(=O)Nc3nc(-c4ccc(NC(C)=O)cc4)cs3)ccc21. The molecule has 0 saturated carbocycles. The normalized spacial score (nSPS) is 10.8. The first-order valence-corrected chi connectivity index (χ1v) is 9.89. The summed E-state index contributed by atoms with van der Waals surface area (Å²) in [5.41, 5.74) is 4.44. The molecule has 2 amide bonds. The molecule has 9 heteroatoms. The number of aryl methyl sites for hydroxylation is 1. The Morgan fingerprint density at radius 1 is 1.10 bits per heavy atom. The van der Waals surface area contributed by atoms with Gasteiger partial charge in [0.1, 0.15) is 5.52 Å². The van der Waals surface area contributed by atoms with E-state index >= 15 is 0 Å². The summed E-state index contributed by atoms with van der Waals surface area (Å²) in [5, 5.41) is 16.1. The molecule has 8 nitrogen and oxygen atoms in total. The number of nitrogens with one attached hydrogen (secondary N) is 2. The van der Waals surface area contributed by atoms with Crippen molar-refractivity contribution < 1.29 is 9.59 Å². The Morgan fingerprint density at radius 2 is 1.90 bits per heavy atom. The van der Waals surface area contributed by atoms with Gasteiger partial charge in [-0.25, -0.2) is 9.67 Å². The minimum atomic E-state index is -0.250. The second-order valence-electron chi connectivity index (χ2n) is 6.36. The summed E-state index contributed by atoms with van der Waals surface area (Å²) in [5.74, 6) is -0.369. The molecule has 0 aliphatic carbocycles. The summed E-state index contributed by atoms with van der Waals surface area (Å²) < 4.78 is 1.78. The number of amides is 2. The molecule has 0 aliphatic rings. The smallest absolute Gasteiger partial charge is 0.257 e. The number of benzene rings is 2. The van der Waals surface area contributed by atoms with Crippen molar-refractivity contribution in [3.05, 3.63) is 53.4 Å². The monoisotopic (exact) mass is 406 g/mol. The zero-order valence-corrected chi connectivity index (χ0v) is 16.7. The summed E-state index contributed by atoms with van der Waals surface area (Å²) in [6.07, 6.45) is 0. The van der Waals surface area contributed by atoms with E-state index in [2.05, 4.69) is 25.9 Å². The van der Waals surface area contributed by atoms with Crippen LogP contribution < -0.4 is 10.6 Å². The highest BCUT2D eigenvalue weighted by Gasteiger charge is 2.12. The molecule has 0 radical (unpaired) electrons. The van der Waals surface area contributed by atoms with Crippen LogP contribution in [0.4, 0.5) is 10.8 Å². The molecule has 2 heterocycles. The summed E-state index contributed by atoms with van der Waals surface area (Å²) in [7, 11) is 0. The highest BCUT2D eigenvalue weighted by Crippen LogP contribution is 2.26.